The average molecular weight is 401 g/mol. The molecule has 1 N–H and O–H groups in total. The molecule has 0 bridgehead atoms. The van der Waals surface area contributed by atoms with E-state index in [1.807, 2.05) is 39.0 Å². The van der Waals surface area contributed by atoms with E-state index in [4.69, 9.17) is 18.9 Å². The SMILES string of the molecule is COc1ccc(NC(=O)COC(=O)COc2cc(C)ccc2C(C)C)c(OC)c1. The molecule has 2 aromatic rings. The summed E-state index contributed by atoms with van der Waals surface area (Å²) in [7, 11) is 3.02. The van der Waals surface area contributed by atoms with Crippen LogP contribution in [0, 0.1) is 6.92 Å². The first-order chi connectivity index (χ1) is 13.8. The van der Waals surface area contributed by atoms with Crippen LogP contribution in [0.3, 0.4) is 0 Å². The molecule has 0 aliphatic carbocycles. The van der Waals surface area contributed by atoms with Crippen molar-refractivity contribution in [2.45, 2.75) is 26.7 Å². The number of esters is 1. The van der Waals surface area contributed by atoms with Crippen molar-refractivity contribution >= 4 is 17.6 Å². The average Bonchev–Trinajstić information content (AvgIpc) is 2.70. The molecular formula is C22H27NO6. The van der Waals surface area contributed by atoms with Crippen molar-refractivity contribution in [3.05, 3.63) is 47.5 Å². The van der Waals surface area contributed by atoms with E-state index in [0.717, 1.165) is 11.1 Å². The molecule has 0 spiro atoms. The summed E-state index contributed by atoms with van der Waals surface area (Å²) in [6, 6.07) is 10.8. The number of hydrogen-bond donors (Lipinski definition) is 1. The lowest BCUT2D eigenvalue weighted by atomic mass is 10.0. The molecule has 156 valence electrons. The lowest BCUT2D eigenvalue weighted by Gasteiger charge is -2.15. The van der Waals surface area contributed by atoms with Gasteiger partial charge in [-0.2, -0.15) is 0 Å². The fourth-order valence-electron chi connectivity index (χ4n) is 2.66. The van der Waals surface area contributed by atoms with Gasteiger partial charge in [0.2, 0.25) is 0 Å². The summed E-state index contributed by atoms with van der Waals surface area (Å²) < 4.78 is 21.0. The molecule has 0 atom stereocenters. The quantitative estimate of drug-likeness (QED) is 0.645. The lowest BCUT2D eigenvalue weighted by molar-refractivity contribution is -0.149. The molecular weight excluding hydrogens is 374 g/mol. The number of ether oxygens (including phenoxy) is 4. The van der Waals surface area contributed by atoms with Crippen molar-refractivity contribution in [1.82, 2.24) is 0 Å². The van der Waals surface area contributed by atoms with Crippen LogP contribution in [-0.2, 0) is 14.3 Å². The second kappa shape index (κ2) is 10.4. The Balaban J connectivity index is 1.87. The van der Waals surface area contributed by atoms with Crippen molar-refractivity contribution in [2.75, 3.05) is 32.8 Å². The Hall–Kier alpha value is -3.22. The van der Waals surface area contributed by atoms with Crippen LogP contribution in [0.4, 0.5) is 5.69 Å². The predicted octanol–water partition coefficient (Wildman–Crippen LogP) is 3.70. The Morgan fingerprint density at radius 1 is 0.966 bits per heavy atom. The third kappa shape index (κ3) is 6.41. The number of anilines is 1. The molecule has 0 aromatic heterocycles. The van der Waals surface area contributed by atoms with Crippen LogP contribution in [0.5, 0.6) is 17.2 Å². The Labute approximate surface area is 170 Å². The fourth-order valence-corrected chi connectivity index (χ4v) is 2.66. The highest BCUT2D eigenvalue weighted by atomic mass is 16.6. The van der Waals surface area contributed by atoms with E-state index in [9.17, 15) is 9.59 Å². The van der Waals surface area contributed by atoms with E-state index >= 15 is 0 Å². The third-order valence-corrected chi connectivity index (χ3v) is 4.18. The fraction of sp³-hybridized carbons (Fsp3) is 0.364. The van der Waals surface area contributed by atoms with E-state index in [1.165, 1.54) is 14.2 Å². The van der Waals surface area contributed by atoms with Gasteiger partial charge in [0.05, 0.1) is 19.9 Å². The van der Waals surface area contributed by atoms with Gasteiger partial charge in [-0.15, -0.1) is 0 Å². The maximum atomic E-state index is 12.1. The van der Waals surface area contributed by atoms with E-state index < -0.39 is 18.5 Å². The van der Waals surface area contributed by atoms with Gasteiger partial charge in [0.25, 0.3) is 5.91 Å². The normalized spacial score (nSPS) is 10.4. The minimum Gasteiger partial charge on any atom is -0.497 e. The van der Waals surface area contributed by atoms with Gasteiger partial charge in [-0.3, -0.25) is 4.79 Å². The van der Waals surface area contributed by atoms with Gasteiger partial charge in [-0.1, -0.05) is 26.0 Å². The number of carbonyl (C=O) groups is 2. The van der Waals surface area contributed by atoms with Gasteiger partial charge in [0.1, 0.15) is 17.2 Å². The van der Waals surface area contributed by atoms with Crippen molar-refractivity contribution in [3.63, 3.8) is 0 Å². The topological polar surface area (TPSA) is 83.1 Å². The third-order valence-electron chi connectivity index (χ3n) is 4.18. The van der Waals surface area contributed by atoms with Gasteiger partial charge in [0.15, 0.2) is 13.2 Å². The number of nitrogens with one attached hydrogen (secondary N) is 1. The molecule has 2 rings (SSSR count). The van der Waals surface area contributed by atoms with E-state index in [0.29, 0.717) is 22.9 Å². The second-order valence-electron chi connectivity index (χ2n) is 6.76. The zero-order chi connectivity index (χ0) is 21.4. The van der Waals surface area contributed by atoms with E-state index in [2.05, 4.69) is 5.32 Å². The molecule has 0 heterocycles. The summed E-state index contributed by atoms with van der Waals surface area (Å²) in [5, 5.41) is 2.64. The van der Waals surface area contributed by atoms with Crippen LogP contribution >= 0.6 is 0 Å². The van der Waals surface area contributed by atoms with Crippen molar-refractivity contribution in [2.24, 2.45) is 0 Å². The molecule has 0 aliphatic rings. The maximum Gasteiger partial charge on any atom is 0.344 e. The summed E-state index contributed by atoms with van der Waals surface area (Å²) in [6.45, 7) is 5.35. The first kappa shape index (κ1) is 22.1. The zero-order valence-electron chi connectivity index (χ0n) is 17.4. The van der Waals surface area contributed by atoms with Crippen molar-refractivity contribution in [1.29, 1.82) is 0 Å². The largest absolute Gasteiger partial charge is 0.497 e. The number of methoxy groups -OCH3 is 2. The lowest BCUT2D eigenvalue weighted by Crippen LogP contribution is -2.24. The summed E-state index contributed by atoms with van der Waals surface area (Å²) in [5.41, 5.74) is 2.49. The molecule has 0 unspecified atom stereocenters. The van der Waals surface area contributed by atoms with Crippen molar-refractivity contribution < 1.29 is 28.5 Å². The number of rotatable bonds is 9. The van der Waals surface area contributed by atoms with Gasteiger partial charge in [0, 0.05) is 6.07 Å². The Bertz CT molecular complexity index is 862. The van der Waals surface area contributed by atoms with Crippen LogP contribution < -0.4 is 19.5 Å². The zero-order valence-corrected chi connectivity index (χ0v) is 17.4. The first-order valence-corrected chi connectivity index (χ1v) is 9.25. The Kier molecular flexibility index (Phi) is 7.88. The Morgan fingerprint density at radius 2 is 1.72 bits per heavy atom. The van der Waals surface area contributed by atoms with Gasteiger partial charge >= 0.3 is 5.97 Å². The van der Waals surface area contributed by atoms with Gasteiger partial charge in [-0.05, 0) is 42.2 Å². The molecule has 1 amide bonds. The van der Waals surface area contributed by atoms with E-state index in [1.54, 1.807) is 18.2 Å². The van der Waals surface area contributed by atoms with Crippen LogP contribution in [-0.4, -0.2) is 39.3 Å². The molecule has 0 radical (unpaired) electrons. The highest BCUT2D eigenvalue weighted by molar-refractivity contribution is 5.94. The number of benzene rings is 2. The molecule has 0 saturated carbocycles. The maximum absolute atomic E-state index is 12.1. The molecule has 0 saturated heterocycles. The van der Waals surface area contributed by atoms with Crippen LogP contribution in [0.25, 0.3) is 0 Å². The van der Waals surface area contributed by atoms with Gasteiger partial charge in [-0.25, -0.2) is 4.79 Å². The molecule has 0 fully saturated rings. The van der Waals surface area contributed by atoms with Crippen LogP contribution in [0.15, 0.2) is 36.4 Å². The highest BCUT2D eigenvalue weighted by Crippen LogP contribution is 2.29. The van der Waals surface area contributed by atoms with Crippen LogP contribution in [0.1, 0.15) is 30.9 Å². The standard InChI is InChI=1S/C22H27NO6/c1-14(2)17-8-6-15(3)10-19(17)28-13-22(25)29-12-21(24)23-18-9-7-16(26-4)11-20(18)27-5/h6-11,14H,12-13H2,1-5H3,(H,23,24). The summed E-state index contributed by atoms with van der Waals surface area (Å²) in [4.78, 5) is 24.1. The summed E-state index contributed by atoms with van der Waals surface area (Å²) in [6.07, 6.45) is 0. The molecule has 29 heavy (non-hydrogen) atoms. The smallest absolute Gasteiger partial charge is 0.344 e. The number of aryl methyl sites for hydroxylation is 1. The first-order valence-electron chi connectivity index (χ1n) is 9.25. The molecule has 2 aromatic carbocycles. The number of hydrogen-bond acceptors (Lipinski definition) is 6. The van der Waals surface area contributed by atoms with Crippen molar-refractivity contribution in [3.8, 4) is 17.2 Å². The Morgan fingerprint density at radius 3 is 2.38 bits per heavy atom. The molecule has 7 heteroatoms. The van der Waals surface area contributed by atoms with Gasteiger partial charge < -0.3 is 24.3 Å². The predicted molar refractivity (Wildman–Crippen MR) is 110 cm³/mol. The highest BCUT2D eigenvalue weighted by Gasteiger charge is 2.14. The summed E-state index contributed by atoms with van der Waals surface area (Å²) in [5.74, 6) is 0.822. The molecule has 7 nitrogen and oxygen atoms in total. The number of amides is 1. The van der Waals surface area contributed by atoms with Crippen LogP contribution in [0.2, 0.25) is 0 Å². The van der Waals surface area contributed by atoms with E-state index in [-0.39, 0.29) is 12.5 Å². The summed E-state index contributed by atoms with van der Waals surface area (Å²) >= 11 is 0. The number of carbonyl (C=O) groups excluding carboxylic acids is 2. The minimum atomic E-state index is -0.627. The minimum absolute atomic E-state index is 0.256. The monoisotopic (exact) mass is 401 g/mol. The second-order valence-corrected chi connectivity index (χ2v) is 6.76. The molecule has 0 aliphatic heterocycles.